The third-order valence-electron chi connectivity index (χ3n) is 4.71. The number of alkyl halides is 2. The van der Waals surface area contributed by atoms with Crippen LogP contribution in [-0.2, 0) is 14.9 Å². The van der Waals surface area contributed by atoms with Crippen LogP contribution < -0.4 is 9.47 Å². The van der Waals surface area contributed by atoms with E-state index in [-0.39, 0.29) is 24.5 Å². The highest BCUT2D eigenvalue weighted by atomic mass is 35.5. The molecule has 0 amide bonds. The molecule has 0 radical (unpaired) electrons. The Morgan fingerprint density at radius 3 is 1.87 bits per heavy atom. The number of rotatable bonds is 11. The second kappa shape index (κ2) is 11.2. The van der Waals surface area contributed by atoms with Crippen LogP contribution in [0, 0.1) is 0 Å². The fraction of sp³-hybridized carbons (Fsp3) is 0.435. The molecular weight excluding hydrogens is 411 g/mol. The average Bonchev–Trinajstić information content (AvgIpc) is 2.75. The summed E-state index contributed by atoms with van der Waals surface area (Å²) >= 11 is 5.79. The zero-order chi connectivity index (χ0) is 22.1. The number of ether oxygens (including phenoxy) is 3. The molecule has 0 aromatic heterocycles. The molecule has 0 aliphatic heterocycles. The van der Waals surface area contributed by atoms with Crippen LogP contribution >= 0.6 is 11.6 Å². The monoisotopic (exact) mass is 438 g/mol. The van der Waals surface area contributed by atoms with Crippen molar-refractivity contribution in [1.82, 2.24) is 0 Å². The Hall–Kier alpha value is -2.31. The van der Waals surface area contributed by atoms with Gasteiger partial charge in [-0.3, -0.25) is 4.79 Å². The first kappa shape index (κ1) is 24.0. The van der Waals surface area contributed by atoms with Gasteiger partial charge >= 0.3 is 5.97 Å². The summed E-state index contributed by atoms with van der Waals surface area (Å²) in [6.07, 6.45) is -1.61. The van der Waals surface area contributed by atoms with E-state index < -0.39 is 24.9 Å². The average molecular weight is 439 g/mol. The molecule has 0 spiro atoms. The lowest BCUT2D eigenvalue weighted by Gasteiger charge is -2.26. The molecular formula is C23H28ClFO5. The number of halogens is 2. The third kappa shape index (κ3) is 6.89. The van der Waals surface area contributed by atoms with Gasteiger partial charge in [0, 0.05) is 12.3 Å². The van der Waals surface area contributed by atoms with E-state index in [0.29, 0.717) is 11.5 Å². The minimum absolute atomic E-state index is 0.0806. The summed E-state index contributed by atoms with van der Waals surface area (Å²) < 4.78 is 28.4. The summed E-state index contributed by atoms with van der Waals surface area (Å²) in [5.41, 5.74) is 1.89. The van der Waals surface area contributed by atoms with Crippen molar-refractivity contribution in [2.45, 2.75) is 38.4 Å². The zero-order valence-electron chi connectivity index (χ0n) is 17.4. The van der Waals surface area contributed by atoms with Gasteiger partial charge in [0.2, 0.25) is 0 Å². The van der Waals surface area contributed by atoms with Crippen molar-refractivity contribution in [2.24, 2.45) is 0 Å². The Kier molecular flexibility index (Phi) is 8.93. The van der Waals surface area contributed by atoms with E-state index >= 15 is 0 Å². The summed E-state index contributed by atoms with van der Waals surface area (Å²) in [5.74, 6) is 1.01. The SMILES string of the molecule is CC(=O)OC(CCl)COc1ccc(C(C)(C)c2ccc(OCC(O)CF)cc2)cc1. The number of aliphatic hydroxyl groups excluding tert-OH is 1. The van der Waals surface area contributed by atoms with Gasteiger partial charge < -0.3 is 19.3 Å². The summed E-state index contributed by atoms with van der Waals surface area (Å²) in [7, 11) is 0. The molecule has 0 aliphatic rings. The van der Waals surface area contributed by atoms with E-state index in [1.165, 1.54) is 6.92 Å². The van der Waals surface area contributed by atoms with Crippen LogP contribution in [-0.4, -0.2) is 49.1 Å². The molecule has 2 atom stereocenters. The summed E-state index contributed by atoms with van der Waals surface area (Å²) in [6, 6.07) is 15.2. The van der Waals surface area contributed by atoms with Gasteiger partial charge in [0.15, 0.2) is 0 Å². The van der Waals surface area contributed by atoms with Gasteiger partial charge in [-0.25, -0.2) is 4.39 Å². The molecule has 2 unspecified atom stereocenters. The lowest BCUT2D eigenvalue weighted by atomic mass is 9.78. The maximum absolute atomic E-state index is 12.3. The maximum atomic E-state index is 12.3. The smallest absolute Gasteiger partial charge is 0.303 e. The van der Waals surface area contributed by atoms with Gasteiger partial charge in [-0.1, -0.05) is 38.1 Å². The molecule has 0 fully saturated rings. The van der Waals surface area contributed by atoms with Gasteiger partial charge in [0.25, 0.3) is 0 Å². The van der Waals surface area contributed by atoms with Crippen LogP contribution in [0.4, 0.5) is 4.39 Å². The van der Waals surface area contributed by atoms with E-state index in [1.54, 1.807) is 12.1 Å². The van der Waals surface area contributed by atoms with Crippen LogP contribution in [0.15, 0.2) is 48.5 Å². The predicted molar refractivity (Wildman–Crippen MR) is 114 cm³/mol. The molecule has 2 aromatic carbocycles. The number of carbonyl (C=O) groups is 1. The van der Waals surface area contributed by atoms with Crippen molar-refractivity contribution >= 4 is 17.6 Å². The molecule has 30 heavy (non-hydrogen) atoms. The Balaban J connectivity index is 2.01. The summed E-state index contributed by atoms with van der Waals surface area (Å²) in [6.45, 7) is 4.82. The normalized spacial score (nSPS) is 13.4. The minimum Gasteiger partial charge on any atom is -0.491 e. The van der Waals surface area contributed by atoms with Crippen LogP contribution in [0.1, 0.15) is 31.9 Å². The summed E-state index contributed by atoms with van der Waals surface area (Å²) in [5, 5.41) is 9.26. The number of hydrogen-bond acceptors (Lipinski definition) is 5. The highest BCUT2D eigenvalue weighted by Gasteiger charge is 2.23. The quantitative estimate of drug-likeness (QED) is 0.419. The maximum Gasteiger partial charge on any atom is 0.303 e. The molecule has 0 heterocycles. The predicted octanol–water partition coefficient (Wildman–Crippen LogP) is 4.27. The minimum atomic E-state index is -1.12. The molecule has 5 nitrogen and oxygen atoms in total. The van der Waals surface area contributed by atoms with E-state index in [2.05, 4.69) is 13.8 Å². The number of aliphatic hydroxyl groups is 1. The lowest BCUT2D eigenvalue weighted by Crippen LogP contribution is -2.25. The lowest BCUT2D eigenvalue weighted by molar-refractivity contribution is -0.146. The van der Waals surface area contributed by atoms with Gasteiger partial charge in [0.05, 0.1) is 5.88 Å². The standard InChI is InChI=1S/C23H28ClFO5/c1-16(26)30-22(12-24)15-29-21-10-6-18(7-11-21)23(2,3)17-4-8-20(9-5-17)28-14-19(27)13-25/h4-11,19,22,27H,12-15H2,1-3H3. The Morgan fingerprint density at radius 1 is 1.00 bits per heavy atom. The molecule has 1 N–H and O–H groups in total. The highest BCUT2D eigenvalue weighted by Crippen LogP contribution is 2.33. The van der Waals surface area contributed by atoms with Crippen molar-refractivity contribution in [2.75, 3.05) is 25.8 Å². The summed E-state index contributed by atoms with van der Waals surface area (Å²) in [4.78, 5) is 11.0. The second-order valence-corrected chi connectivity index (χ2v) is 7.80. The van der Waals surface area contributed by atoms with Crippen molar-refractivity contribution in [3.05, 3.63) is 59.7 Å². The molecule has 2 rings (SSSR count). The topological polar surface area (TPSA) is 65.0 Å². The van der Waals surface area contributed by atoms with Crippen LogP contribution in [0.2, 0.25) is 0 Å². The zero-order valence-corrected chi connectivity index (χ0v) is 18.2. The largest absolute Gasteiger partial charge is 0.491 e. The second-order valence-electron chi connectivity index (χ2n) is 7.49. The highest BCUT2D eigenvalue weighted by molar-refractivity contribution is 6.18. The van der Waals surface area contributed by atoms with Gasteiger partial charge in [-0.2, -0.15) is 0 Å². The molecule has 0 bridgehead atoms. The van der Waals surface area contributed by atoms with Crippen LogP contribution in [0.25, 0.3) is 0 Å². The fourth-order valence-electron chi connectivity index (χ4n) is 2.87. The first-order chi connectivity index (χ1) is 14.3. The van der Waals surface area contributed by atoms with Crippen molar-refractivity contribution in [3.63, 3.8) is 0 Å². The van der Waals surface area contributed by atoms with Crippen molar-refractivity contribution < 1.29 is 28.5 Å². The number of benzene rings is 2. The van der Waals surface area contributed by atoms with Crippen molar-refractivity contribution in [3.8, 4) is 11.5 Å². The Morgan fingerprint density at radius 2 is 1.47 bits per heavy atom. The van der Waals surface area contributed by atoms with Gasteiger partial charge in [0.1, 0.15) is 43.6 Å². The van der Waals surface area contributed by atoms with Crippen LogP contribution in [0.3, 0.4) is 0 Å². The molecule has 0 saturated carbocycles. The first-order valence-electron chi connectivity index (χ1n) is 9.70. The van der Waals surface area contributed by atoms with E-state index in [1.807, 2.05) is 36.4 Å². The molecule has 164 valence electrons. The Labute approximate surface area is 181 Å². The van der Waals surface area contributed by atoms with Gasteiger partial charge in [-0.15, -0.1) is 11.6 Å². The van der Waals surface area contributed by atoms with Crippen LogP contribution in [0.5, 0.6) is 11.5 Å². The fourth-order valence-corrected chi connectivity index (χ4v) is 3.03. The third-order valence-corrected chi connectivity index (χ3v) is 5.06. The van der Waals surface area contributed by atoms with Gasteiger partial charge in [-0.05, 0) is 35.4 Å². The molecule has 0 aliphatic carbocycles. The number of carbonyl (C=O) groups excluding carboxylic acids is 1. The Bertz CT molecular complexity index is 792. The molecule has 7 heteroatoms. The number of hydrogen-bond donors (Lipinski definition) is 1. The van der Waals surface area contributed by atoms with E-state index in [4.69, 9.17) is 25.8 Å². The van der Waals surface area contributed by atoms with Crippen molar-refractivity contribution in [1.29, 1.82) is 0 Å². The number of esters is 1. The van der Waals surface area contributed by atoms with E-state index in [0.717, 1.165) is 11.1 Å². The molecule has 2 aromatic rings. The molecule has 0 saturated heterocycles. The first-order valence-corrected chi connectivity index (χ1v) is 10.2. The van der Waals surface area contributed by atoms with E-state index in [9.17, 15) is 14.3 Å².